The summed E-state index contributed by atoms with van der Waals surface area (Å²) in [4.78, 5) is 15.3. The second-order valence-electron chi connectivity index (χ2n) is 7.00. The molecule has 0 unspecified atom stereocenters. The van der Waals surface area contributed by atoms with Gasteiger partial charge in [-0.15, -0.1) is 0 Å². The Labute approximate surface area is 180 Å². The van der Waals surface area contributed by atoms with E-state index in [-0.39, 0.29) is 10.5 Å². The predicted octanol–water partition coefficient (Wildman–Crippen LogP) is 3.06. The Morgan fingerprint density at radius 2 is 1.97 bits per heavy atom. The molecule has 2 heterocycles. The molecule has 1 N–H and O–H groups in total. The summed E-state index contributed by atoms with van der Waals surface area (Å²) in [6, 6.07) is 9.62. The van der Waals surface area contributed by atoms with Crippen LogP contribution in [-0.4, -0.2) is 58.7 Å². The van der Waals surface area contributed by atoms with Crippen LogP contribution < -0.4 is 10.1 Å². The van der Waals surface area contributed by atoms with E-state index >= 15 is 0 Å². The molecular weight excluding hydrogens is 428 g/mol. The Bertz CT molecular complexity index is 1090. The van der Waals surface area contributed by atoms with Crippen LogP contribution in [0.1, 0.15) is 15.9 Å². The molecule has 1 saturated heterocycles. The van der Waals surface area contributed by atoms with Gasteiger partial charge >= 0.3 is 0 Å². The molecule has 7 nitrogen and oxygen atoms in total. The van der Waals surface area contributed by atoms with Gasteiger partial charge in [-0.2, -0.15) is 0 Å². The summed E-state index contributed by atoms with van der Waals surface area (Å²) in [5, 5.41) is 4.29. The van der Waals surface area contributed by atoms with Gasteiger partial charge in [0.2, 0.25) is 9.84 Å². The van der Waals surface area contributed by atoms with Crippen molar-refractivity contribution >= 4 is 39.1 Å². The van der Waals surface area contributed by atoms with E-state index < -0.39 is 15.7 Å². The van der Waals surface area contributed by atoms with Gasteiger partial charge in [-0.25, -0.2) is 8.42 Å². The lowest BCUT2D eigenvalue weighted by molar-refractivity contribution is 0.0322. The van der Waals surface area contributed by atoms with Crippen molar-refractivity contribution in [2.75, 3.05) is 44.8 Å². The van der Waals surface area contributed by atoms with Gasteiger partial charge in [0.15, 0.2) is 0 Å². The van der Waals surface area contributed by atoms with Gasteiger partial charge in [-0.05, 0) is 42.0 Å². The maximum absolute atomic E-state index is 12.9. The van der Waals surface area contributed by atoms with Crippen LogP contribution in [0.3, 0.4) is 0 Å². The molecule has 0 bridgehead atoms. The molecular formula is C21H21ClN2O5S. The van der Waals surface area contributed by atoms with Gasteiger partial charge < -0.3 is 14.8 Å². The predicted molar refractivity (Wildman–Crippen MR) is 115 cm³/mol. The number of nitrogens with one attached hydrogen (secondary N) is 1. The topological polar surface area (TPSA) is 84.9 Å². The van der Waals surface area contributed by atoms with Crippen LogP contribution in [-0.2, 0) is 14.6 Å². The molecule has 4 rings (SSSR count). The molecule has 158 valence electrons. The third-order valence-corrected chi connectivity index (χ3v) is 6.66. The van der Waals surface area contributed by atoms with E-state index in [0.717, 1.165) is 25.0 Å². The minimum Gasteiger partial charge on any atom is -0.491 e. The Kier molecular flexibility index (Phi) is 6.10. The number of carbonyl (C=O) groups excluding carboxylic acids is 1. The van der Waals surface area contributed by atoms with Crippen molar-refractivity contribution < 1.29 is 22.7 Å². The fourth-order valence-corrected chi connectivity index (χ4v) is 4.75. The SMILES string of the molecule is O=C(Nc1ccc2c(c1)S(=O)(=O)C=C2)c1cc(Cl)ccc1OCCN1CCOCC1. The molecule has 0 aliphatic carbocycles. The summed E-state index contributed by atoms with van der Waals surface area (Å²) in [6.07, 6.45) is 1.54. The summed E-state index contributed by atoms with van der Waals surface area (Å²) in [5.41, 5.74) is 1.26. The zero-order valence-corrected chi connectivity index (χ0v) is 17.7. The molecule has 2 aliphatic heterocycles. The lowest BCUT2D eigenvalue weighted by atomic mass is 10.1. The number of ether oxygens (including phenoxy) is 2. The number of nitrogens with zero attached hydrogens (tertiary/aromatic N) is 1. The second kappa shape index (κ2) is 8.77. The molecule has 9 heteroatoms. The molecule has 0 radical (unpaired) electrons. The molecule has 2 aromatic carbocycles. The van der Waals surface area contributed by atoms with Crippen LogP contribution in [0.25, 0.3) is 6.08 Å². The molecule has 1 amide bonds. The van der Waals surface area contributed by atoms with E-state index in [1.807, 2.05) is 0 Å². The lowest BCUT2D eigenvalue weighted by Crippen LogP contribution is -2.38. The third kappa shape index (κ3) is 4.67. The number of hydrogen-bond acceptors (Lipinski definition) is 6. The fraction of sp³-hybridized carbons (Fsp3) is 0.286. The zero-order valence-electron chi connectivity index (χ0n) is 16.1. The first kappa shape index (κ1) is 20.9. The number of sulfone groups is 1. The monoisotopic (exact) mass is 448 g/mol. The van der Waals surface area contributed by atoms with Crippen molar-refractivity contribution in [3.8, 4) is 5.75 Å². The van der Waals surface area contributed by atoms with Gasteiger partial charge in [-0.3, -0.25) is 9.69 Å². The van der Waals surface area contributed by atoms with Crippen LogP contribution in [0.15, 0.2) is 46.7 Å². The number of halogens is 1. The van der Waals surface area contributed by atoms with E-state index in [9.17, 15) is 13.2 Å². The first-order chi connectivity index (χ1) is 14.4. The minimum atomic E-state index is -3.46. The van der Waals surface area contributed by atoms with E-state index in [1.165, 1.54) is 18.2 Å². The summed E-state index contributed by atoms with van der Waals surface area (Å²) in [5.74, 6) is -0.0113. The largest absolute Gasteiger partial charge is 0.491 e. The van der Waals surface area contributed by atoms with E-state index in [4.69, 9.17) is 21.1 Å². The fourth-order valence-electron chi connectivity index (χ4n) is 3.35. The van der Waals surface area contributed by atoms with E-state index in [0.29, 0.717) is 41.8 Å². The number of morpholine rings is 1. The number of anilines is 1. The van der Waals surface area contributed by atoms with Crippen molar-refractivity contribution in [3.05, 3.63) is 58.0 Å². The highest BCUT2D eigenvalue weighted by molar-refractivity contribution is 7.94. The van der Waals surface area contributed by atoms with Crippen molar-refractivity contribution in [3.63, 3.8) is 0 Å². The first-order valence-electron chi connectivity index (χ1n) is 9.53. The number of fused-ring (bicyclic) bond motifs is 1. The van der Waals surface area contributed by atoms with Crippen molar-refractivity contribution in [2.24, 2.45) is 0 Å². The summed E-state index contributed by atoms with van der Waals surface area (Å²) < 4.78 is 35.3. The number of hydrogen-bond donors (Lipinski definition) is 1. The Hall–Kier alpha value is -2.39. The van der Waals surface area contributed by atoms with Crippen LogP contribution in [0.5, 0.6) is 5.75 Å². The van der Waals surface area contributed by atoms with Crippen molar-refractivity contribution in [1.82, 2.24) is 4.90 Å². The maximum Gasteiger partial charge on any atom is 0.259 e. The highest BCUT2D eigenvalue weighted by Gasteiger charge is 2.22. The Balaban J connectivity index is 1.46. The smallest absolute Gasteiger partial charge is 0.259 e. The summed E-state index contributed by atoms with van der Waals surface area (Å²) in [7, 11) is -3.46. The molecule has 0 saturated carbocycles. The molecule has 30 heavy (non-hydrogen) atoms. The van der Waals surface area contributed by atoms with Crippen LogP contribution >= 0.6 is 11.6 Å². The molecule has 2 aliphatic rings. The second-order valence-corrected chi connectivity index (χ2v) is 9.24. The van der Waals surface area contributed by atoms with Crippen molar-refractivity contribution in [2.45, 2.75) is 4.90 Å². The Morgan fingerprint density at radius 3 is 2.77 bits per heavy atom. The van der Waals surface area contributed by atoms with Crippen LogP contribution in [0, 0.1) is 0 Å². The number of carbonyl (C=O) groups is 1. The number of benzene rings is 2. The molecule has 1 fully saturated rings. The molecule has 0 aromatic heterocycles. The zero-order chi connectivity index (χ0) is 21.1. The first-order valence-corrected chi connectivity index (χ1v) is 11.5. The normalized spacial score (nSPS) is 17.5. The van der Waals surface area contributed by atoms with Gasteiger partial charge in [0, 0.05) is 35.8 Å². The van der Waals surface area contributed by atoms with Crippen molar-refractivity contribution in [1.29, 1.82) is 0 Å². The highest BCUT2D eigenvalue weighted by Crippen LogP contribution is 2.30. The average Bonchev–Trinajstić information content (AvgIpc) is 3.04. The van der Waals surface area contributed by atoms with Gasteiger partial charge in [0.1, 0.15) is 12.4 Å². The molecule has 0 spiro atoms. The maximum atomic E-state index is 12.9. The van der Waals surface area contributed by atoms with E-state index in [2.05, 4.69) is 10.2 Å². The Morgan fingerprint density at radius 1 is 1.17 bits per heavy atom. The van der Waals surface area contributed by atoms with Crippen LogP contribution in [0.2, 0.25) is 5.02 Å². The average molecular weight is 449 g/mol. The highest BCUT2D eigenvalue weighted by atomic mass is 35.5. The van der Waals surface area contributed by atoms with Gasteiger partial charge in [0.25, 0.3) is 5.91 Å². The summed E-state index contributed by atoms with van der Waals surface area (Å²) >= 11 is 6.09. The number of amides is 1. The van der Waals surface area contributed by atoms with E-state index in [1.54, 1.807) is 24.3 Å². The summed E-state index contributed by atoms with van der Waals surface area (Å²) in [6.45, 7) is 4.27. The minimum absolute atomic E-state index is 0.174. The molecule has 0 atom stereocenters. The standard InChI is InChI=1S/C21H21ClN2O5S/c22-16-2-4-19(29-11-8-24-6-9-28-10-7-24)18(13-16)21(25)23-17-3-1-15-5-12-30(26,27)20(15)14-17/h1-5,12-14H,6-11H2,(H,23,25). The quantitative estimate of drug-likeness (QED) is 0.731. The van der Waals surface area contributed by atoms with Gasteiger partial charge in [-0.1, -0.05) is 17.7 Å². The number of rotatable bonds is 6. The molecule has 2 aromatic rings. The van der Waals surface area contributed by atoms with Gasteiger partial charge in [0.05, 0.1) is 23.7 Å². The third-order valence-electron chi connectivity index (χ3n) is 4.96. The van der Waals surface area contributed by atoms with Crippen LogP contribution in [0.4, 0.5) is 5.69 Å². The lowest BCUT2D eigenvalue weighted by Gasteiger charge is -2.26.